The van der Waals surface area contributed by atoms with Crippen LogP contribution in [0.3, 0.4) is 0 Å². The molecule has 0 radical (unpaired) electrons. The summed E-state index contributed by atoms with van der Waals surface area (Å²) in [5, 5.41) is 0.521. The summed E-state index contributed by atoms with van der Waals surface area (Å²) in [6, 6.07) is -0.578. The van der Waals surface area contributed by atoms with E-state index in [1.165, 1.54) is 12.0 Å². The highest BCUT2D eigenvalue weighted by Crippen LogP contribution is 2.35. The van der Waals surface area contributed by atoms with E-state index in [9.17, 15) is 9.59 Å². The van der Waals surface area contributed by atoms with Crippen molar-refractivity contribution in [3.8, 4) is 0 Å². The molecule has 2 heterocycles. The number of hydrogen-bond donors (Lipinski definition) is 0. The van der Waals surface area contributed by atoms with Crippen molar-refractivity contribution >= 4 is 27.8 Å². The van der Waals surface area contributed by atoms with Gasteiger partial charge in [0.25, 0.3) is 0 Å². The lowest BCUT2D eigenvalue weighted by molar-refractivity contribution is -0.164. The number of amides is 1. The van der Waals surface area contributed by atoms with Crippen molar-refractivity contribution in [1.29, 1.82) is 0 Å². The summed E-state index contributed by atoms with van der Waals surface area (Å²) in [5.41, 5.74) is 0. The summed E-state index contributed by atoms with van der Waals surface area (Å²) in [7, 11) is 1.31. The summed E-state index contributed by atoms with van der Waals surface area (Å²) in [5.74, 6) is -0.459. The fraction of sp³-hybridized carbons (Fsp3) is 0.750. The fourth-order valence-corrected chi connectivity index (χ4v) is 2.32. The van der Waals surface area contributed by atoms with E-state index in [2.05, 4.69) is 20.7 Å². The molecule has 14 heavy (non-hydrogen) atoms. The van der Waals surface area contributed by atoms with Gasteiger partial charge >= 0.3 is 5.97 Å². The Hall–Kier alpha value is -0.620. The molecular weight excluding hydrogens is 254 g/mol. The van der Waals surface area contributed by atoms with E-state index in [4.69, 9.17) is 4.74 Å². The van der Waals surface area contributed by atoms with Crippen LogP contribution in [0.2, 0.25) is 0 Å². The lowest BCUT2D eigenvalue weighted by atomic mass is 10.1. The first-order valence-corrected chi connectivity index (χ1v) is 5.41. The number of ether oxygens (including phenoxy) is 2. The molecule has 78 valence electrons. The minimum atomic E-state index is -0.578. The van der Waals surface area contributed by atoms with Gasteiger partial charge in [0, 0.05) is 5.33 Å². The molecule has 0 aromatic heterocycles. The topological polar surface area (TPSA) is 55.8 Å². The molecule has 1 amide bonds. The van der Waals surface area contributed by atoms with Crippen LogP contribution < -0.4 is 0 Å². The molecule has 0 spiro atoms. The van der Waals surface area contributed by atoms with Crippen LogP contribution in [0.5, 0.6) is 0 Å². The third kappa shape index (κ3) is 1.25. The molecule has 0 aromatic carbocycles. The summed E-state index contributed by atoms with van der Waals surface area (Å²) < 4.78 is 10.1. The predicted molar refractivity (Wildman–Crippen MR) is 49.7 cm³/mol. The maximum absolute atomic E-state index is 11.4. The average molecular weight is 264 g/mol. The predicted octanol–water partition coefficient (Wildman–Crippen LogP) is -0.120. The smallest absolute Gasteiger partial charge is 0.331 e. The van der Waals surface area contributed by atoms with Crippen molar-refractivity contribution in [3.05, 3.63) is 0 Å². The highest BCUT2D eigenvalue weighted by atomic mass is 79.9. The zero-order valence-electron chi connectivity index (χ0n) is 7.60. The Bertz CT molecular complexity index is 283. The number of nitrogens with zero attached hydrogens (tertiary/aromatic N) is 1. The number of rotatable bonds is 2. The van der Waals surface area contributed by atoms with E-state index >= 15 is 0 Å². The molecule has 3 unspecified atom stereocenters. The van der Waals surface area contributed by atoms with Gasteiger partial charge < -0.3 is 9.47 Å². The molecule has 2 aliphatic heterocycles. The second kappa shape index (κ2) is 3.51. The monoisotopic (exact) mass is 263 g/mol. The minimum absolute atomic E-state index is 0.0474. The number of hydrogen-bond acceptors (Lipinski definition) is 4. The van der Waals surface area contributed by atoms with Crippen LogP contribution >= 0.6 is 15.9 Å². The first-order chi connectivity index (χ1) is 6.69. The van der Waals surface area contributed by atoms with Crippen LogP contribution in [-0.2, 0) is 19.1 Å². The molecule has 0 N–H and O–H groups in total. The van der Waals surface area contributed by atoms with Gasteiger partial charge in [0.05, 0.1) is 13.5 Å². The van der Waals surface area contributed by atoms with Gasteiger partial charge in [-0.25, -0.2) is 4.79 Å². The van der Waals surface area contributed by atoms with E-state index < -0.39 is 12.0 Å². The van der Waals surface area contributed by atoms with E-state index in [1.54, 1.807) is 0 Å². The average Bonchev–Trinajstić information content (AvgIpc) is 2.49. The second-order valence-electron chi connectivity index (χ2n) is 3.26. The van der Waals surface area contributed by atoms with Crippen LogP contribution in [0, 0.1) is 0 Å². The van der Waals surface area contributed by atoms with Gasteiger partial charge in [0.1, 0.15) is 12.3 Å². The Morgan fingerprint density at radius 1 is 1.79 bits per heavy atom. The van der Waals surface area contributed by atoms with Crippen LogP contribution in [0.15, 0.2) is 0 Å². The molecule has 0 aliphatic carbocycles. The van der Waals surface area contributed by atoms with E-state index in [-0.39, 0.29) is 18.2 Å². The second-order valence-corrected chi connectivity index (χ2v) is 3.90. The zero-order chi connectivity index (χ0) is 10.3. The summed E-state index contributed by atoms with van der Waals surface area (Å²) >= 11 is 3.25. The van der Waals surface area contributed by atoms with Crippen LogP contribution in [0.1, 0.15) is 6.42 Å². The standard InChI is InChI=1S/C8H10BrNO4/c1-13-8(12)7-4(3-9)14-6-2-5(11)10(6)7/h4,6-7H,2-3H2,1H3. The molecule has 5 nitrogen and oxygen atoms in total. The Morgan fingerprint density at radius 3 is 3.00 bits per heavy atom. The molecule has 0 bridgehead atoms. The van der Waals surface area contributed by atoms with Gasteiger partial charge in [0.2, 0.25) is 5.91 Å². The van der Waals surface area contributed by atoms with E-state index in [0.717, 1.165) is 0 Å². The van der Waals surface area contributed by atoms with Gasteiger partial charge in [-0.1, -0.05) is 15.9 Å². The zero-order valence-corrected chi connectivity index (χ0v) is 9.19. The SMILES string of the molecule is COC(=O)C1C(CBr)OC2CC(=O)N21. The quantitative estimate of drug-likeness (QED) is 0.396. The first kappa shape index (κ1) is 9.92. The van der Waals surface area contributed by atoms with Gasteiger partial charge in [-0.3, -0.25) is 9.69 Å². The van der Waals surface area contributed by atoms with Crippen molar-refractivity contribution in [2.75, 3.05) is 12.4 Å². The van der Waals surface area contributed by atoms with E-state index in [1.807, 2.05) is 0 Å². The van der Waals surface area contributed by atoms with Gasteiger partial charge in [-0.2, -0.15) is 0 Å². The molecule has 0 saturated carbocycles. The van der Waals surface area contributed by atoms with Crippen molar-refractivity contribution in [3.63, 3.8) is 0 Å². The number of fused-ring (bicyclic) bond motifs is 1. The molecule has 3 atom stereocenters. The maximum Gasteiger partial charge on any atom is 0.331 e. The van der Waals surface area contributed by atoms with Gasteiger partial charge in [0.15, 0.2) is 6.04 Å². The number of carbonyl (C=O) groups is 2. The Balaban J connectivity index is 2.17. The Labute approximate surface area is 89.5 Å². The van der Waals surface area contributed by atoms with E-state index in [0.29, 0.717) is 11.8 Å². The summed E-state index contributed by atoms with van der Waals surface area (Å²) in [4.78, 5) is 24.1. The van der Waals surface area contributed by atoms with Crippen molar-refractivity contribution in [2.24, 2.45) is 0 Å². The molecule has 2 saturated heterocycles. The van der Waals surface area contributed by atoms with Gasteiger partial charge in [-0.05, 0) is 0 Å². The molecule has 2 rings (SSSR count). The largest absolute Gasteiger partial charge is 0.467 e. The highest BCUT2D eigenvalue weighted by Gasteiger charge is 2.55. The minimum Gasteiger partial charge on any atom is -0.467 e. The number of methoxy groups -OCH3 is 1. The first-order valence-electron chi connectivity index (χ1n) is 4.29. The number of esters is 1. The third-order valence-corrected chi connectivity index (χ3v) is 3.16. The lowest BCUT2D eigenvalue weighted by Crippen LogP contribution is -2.56. The maximum atomic E-state index is 11.4. The molecule has 2 fully saturated rings. The lowest BCUT2D eigenvalue weighted by Gasteiger charge is -2.34. The van der Waals surface area contributed by atoms with Crippen molar-refractivity contribution in [1.82, 2.24) is 4.90 Å². The molecule has 2 aliphatic rings. The summed E-state index contributed by atoms with van der Waals surface area (Å²) in [6.07, 6.45) is -0.148. The highest BCUT2D eigenvalue weighted by molar-refractivity contribution is 9.09. The third-order valence-electron chi connectivity index (χ3n) is 2.53. The number of β-lactam (4-membered cyclic amide) rings is 1. The normalized spacial score (nSPS) is 35.1. The van der Waals surface area contributed by atoms with Crippen LogP contribution in [0.25, 0.3) is 0 Å². The number of halogens is 1. The molecule has 6 heteroatoms. The number of alkyl halides is 1. The fourth-order valence-electron chi connectivity index (χ4n) is 1.81. The summed E-state index contributed by atoms with van der Waals surface area (Å²) in [6.45, 7) is 0. The molecule has 0 aromatic rings. The number of carbonyl (C=O) groups excluding carboxylic acids is 2. The Morgan fingerprint density at radius 2 is 2.50 bits per heavy atom. The van der Waals surface area contributed by atoms with Gasteiger partial charge in [-0.15, -0.1) is 0 Å². The van der Waals surface area contributed by atoms with Crippen LogP contribution in [0.4, 0.5) is 0 Å². The molecular formula is C8H10BrNO4. The van der Waals surface area contributed by atoms with Crippen LogP contribution in [-0.4, -0.2) is 47.6 Å². The van der Waals surface area contributed by atoms with Crippen molar-refractivity contribution < 1.29 is 19.1 Å². The van der Waals surface area contributed by atoms with Crippen molar-refractivity contribution in [2.45, 2.75) is 24.8 Å². The Kier molecular flexibility index (Phi) is 2.48.